The molecule has 0 bridgehead atoms. The van der Waals surface area contributed by atoms with Gasteiger partial charge in [-0.2, -0.15) is 4.31 Å². The van der Waals surface area contributed by atoms with Crippen LogP contribution in [0.5, 0.6) is 0 Å². The molecule has 1 heterocycles. The zero-order valence-corrected chi connectivity index (χ0v) is 14.1. The Labute approximate surface area is 136 Å². The van der Waals surface area contributed by atoms with E-state index in [1.165, 1.54) is 0 Å². The molecule has 0 aliphatic carbocycles. The first kappa shape index (κ1) is 15.6. The van der Waals surface area contributed by atoms with Crippen molar-refractivity contribution in [2.24, 2.45) is 0 Å². The molecular formula is C17H19NO2S2. The van der Waals surface area contributed by atoms with Crippen molar-refractivity contribution in [2.75, 3.05) is 12.3 Å². The van der Waals surface area contributed by atoms with E-state index in [0.29, 0.717) is 11.4 Å². The van der Waals surface area contributed by atoms with Gasteiger partial charge >= 0.3 is 0 Å². The lowest BCUT2D eigenvalue weighted by atomic mass is 10.2. The minimum Gasteiger partial charge on any atom is -0.207 e. The average Bonchev–Trinajstić information content (AvgIpc) is 3.06. The van der Waals surface area contributed by atoms with Gasteiger partial charge in [-0.3, -0.25) is 0 Å². The molecule has 3 rings (SSSR count). The highest BCUT2D eigenvalue weighted by Crippen LogP contribution is 2.41. The monoisotopic (exact) mass is 333 g/mol. The first-order valence-corrected chi connectivity index (χ1v) is 9.89. The van der Waals surface area contributed by atoms with Gasteiger partial charge in [-0.15, -0.1) is 11.8 Å². The van der Waals surface area contributed by atoms with Crippen LogP contribution in [0, 0.1) is 0 Å². The Hall–Kier alpha value is -1.30. The summed E-state index contributed by atoms with van der Waals surface area (Å²) in [5.41, 5.74) is 2.19. The van der Waals surface area contributed by atoms with Gasteiger partial charge in [0.05, 0.1) is 10.3 Å². The van der Waals surface area contributed by atoms with Crippen molar-refractivity contribution in [3.05, 3.63) is 65.7 Å². The Morgan fingerprint density at radius 3 is 2.41 bits per heavy atom. The van der Waals surface area contributed by atoms with Gasteiger partial charge in [0.25, 0.3) is 0 Å². The topological polar surface area (TPSA) is 37.4 Å². The molecule has 0 spiro atoms. The Bertz CT molecular complexity index is 727. The maximum absolute atomic E-state index is 12.9. The molecule has 2 aromatic carbocycles. The summed E-state index contributed by atoms with van der Waals surface area (Å²) >= 11 is 1.68. The maximum Gasteiger partial charge on any atom is 0.244 e. The molecule has 0 radical (unpaired) electrons. The fraction of sp³-hybridized carbons (Fsp3) is 0.294. The molecule has 0 unspecified atom stereocenters. The summed E-state index contributed by atoms with van der Waals surface area (Å²) in [5.74, 6) is 0.825. The van der Waals surface area contributed by atoms with Crippen molar-refractivity contribution in [2.45, 2.75) is 23.6 Å². The third-order valence-electron chi connectivity index (χ3n) is 3.87. The number of thioether (sulfide) groups is 1. The van der Waals surface area contributed by atoms with E-state index in [4.69, 9.17) is 0 Å². The number of sulfonamides is 1. The van der Waals surface area contributed by atoms with Gasteiger partial charge in [-0.25, -0.2) is 8.42 Å². The van der Waals surface area contributed by atoms with Gasteiger partial charge in [0.2, 0.25) is 10.0 Å². The van der Waals surface area contributed by atoms with Gasteiger partial charge in [0.15, 0.2) is 0 Å². The fourth-order valence-corrected chi connectivity index (χ4v) is 5.85. The summed E-state index contributed by atoms with van der Waals surface area (Å²) in [6.45, 7) is 2.62. The van der Waals surface area contributed by atoms with Gasteiger partial charge in [0, 0.05) is 12.3 Å². The second kappa shape index (κ2) is 6.44. The molecule has 2 aromatic rings. The molecule has 0 saturated carbocycles. The first-order chi connectivity index (χ1) is 10.6. The standard InChI is InChI=1S/C17H19NO2S2/c1-2-14-8-10-16(11-9-14)22(19,20)18-12-13-21-17(18)15-6-4-3-5-7-15/h3-11,17H,2,12-13H2,1H3/t17-/m0/s1. The van der Waals surface area contributed by atoms with Crippen LogP contribution in [0.25, 0.3) is 0 Å². The molecule has 22 heavy (non-hydrogen) atoms. The SMILES string of the molecule is CCc1ccc(S(=O)(=O)N2CCS[C@H]2c2ccccc2)cc1. The maximum atomic E-state index is 12.9. The molecule has 1 aliphatic heterocycles. The first-order valence-electron chi connectivity index (χ1n) is 7.40. The Kier molecular flexibility index (Phi) is 4.57. The molecule has 1 saturated heterocycles. The van der Waals surface area contributed by atoms with E-state index < -0.39 is 10.0 Å². The van der Waals surface area contributed by atoms with E-state index in [1.807, 2.05) is 42.5 Å². The van der Waals surface area contributed by atoms with Crippen LogP contribution in [0.15, 0.2) is 59.5 Å². The lowest BCUT2D eigenvalue weighted by Gasteiger charge is -2.23. The largest absolute Gasteiger partial charge is 0.244 e. The zero-order chi connectivity index (χ0) is 15.6. The van der Waals surface area contributed by atoms with E-state index in [-0.39, 0.29) is 5.37 Å². The van der Waals surface area contributed by atoms with E-state index in [0.717, 1.165) is 23.3 Å². The predicted molar refractivity (Wildman–Crippen MR) is 91.4 cm³/mol. The fourth-order valence-electron chi connectivity index (χ4n) is 2.61. The predicted octanol–water partition coefficient (Wildman–Crippen LogP) is 3.69. The summed E-state index contributed by atoms with van der Waals surface area (Å²) in [4.78, 5) is 0.383. The van der Waals surface area contributed by atoms with Crippen molar-refractivity contribution in [1.82, 2.24) is 4.31 Å². The number of hydrogen-bond acceptors (Lipinski definition) is 3. The number of rotatable bonds is 4. The average molecular weight is 333 g/mol. The number of benzene rings is 2. The number of aryl methyl sites for hydroxylation is 1. The van der Waals surface area contributed by atoms with Crippen LogP contribution in [0.3, 0.4) is 0 Å². The van der Waals surface area contributed by atoms with E-state index in [2.05, 4.69) is 6.92 Å². The molecule has 0 aromatic heterocycles. The highest BCUT2D eigenvalue weighted by atomic mass is 32.2. The normalized spacial score (nSPS) is 19.4. The Balaban J connectivity index is 1.93. The van der Waals surface area contributed by atoms with Crippen LogP contribution < -0.4 is 0 Å². The van der Waals surface area contributed by atoms with Crippen molar-refractivity contribution in [1.29, 1.82) is 0 Å². The smallest absolute Gasteiger partial charge is 0.207 e. The van der Waals surface area contributed by atoms with Crippen molar-refractivity contribution >= 4 is 21.8 Å². The highest BCUT2D eigenvalue weighted by Gasteiger charge is 2.36. The summed E-state index contributed by atoms with van der Waals surface area (Å²) in [6, 6.07) is 17.1. The van der Waals surface area contributed by atoms with Crippen LogP contribution in [0.2, 0.25) is 0 Å². The van der Waals surface area contributed by atoms with Crippen LogP contribution >= 0.6 is 11.8 Å². The molecule has 116 valence electrons. The van der Waals surface area contributed by atoms with Crippen LogP contribution in [-0.2, 0) is 16.4 Å². The van der Waals surface area contributed by atoms with Crippen molar-refractivity contribution < 1.29 is 8.42 Å². The molecule has 1 fully saturated rings. The molecule has 0 N–H and O–H groups in total. The minimum absolute atomic E-state index is 0.128. The molecule has 1 aliphatic rings. The lowest BCUT2D eigenvalue weighted by molar-refractivity contribution is 0.434. The van der Waals surface area contributed by atoms with Crippen LogP contribution in [0.4, 0.5) is 0 Å². The molecule has 5 heteroatoms. The highest BCUT2D eigenvalue weighted by molar-refractivity contribution is 8.01. The molecule has 3 nitrogen and oxygen atoms in total. The van der Waals surface area contributed by atoms with E-state index in [1.54, 1.807) is 28.2 Å². The van der Waals surface area contributed by atoms with E-state index in [9.17, 15) is 8.42 Å². The van der Waals surface area contributed by atoms with Crippen LogP contribution in [-0.4, -0.2) is 25.0 Å². The summed E-state index contributed by atoms with van der Waals surface area (Å²) in [6.07, 6.45) is 0.909. The third-order valence-corrected chi connectivity index (χ3v) is 7.14. The molecule has 0 amide bonds. The quantitative estimate of drug-likeness (QED) is 0.856. The van der Waals surface area contributed by atoms with Gasteiger partial charge in [-0.1, -0.05) is 49.4 Å². The molecular weight excluding hydrogens is 314 g/mol. The second-order valence-corrected chi connectivity index (χ2v) is 8.33. The molecule has 1 atom stereocenters. The van der Waals surface area contributed by atoms with E-state index >= 15 is 0 Å². The Morgan fingerprint density at radius 2 is 1.77 bits per heavy atom. The zero-order valence-electron chi connectivity index (χ0n) is 12.5. The van der Waals surface area contributed by atoms with Crippen LogP contribution in [0.1, 0.15) is 23.4 Å². The van der Waals surface area contributed by atoms with Gasteiger partial charge < -0.3 is 0 Å². The summed E-state index contributed by atoms with van der Waals surface area (Å²) < 4.78 is 27.5. The minimum atomic E-state index is -3.45. The van der Waals surface area contributed by atoms with Gasteiger partial charge in [-0.05, 0) is 29.7 Å². The number of nitrogens with zero attached hydrogens (tertiary/aromatic N) is 1. The van der Waals surface area contributed by atoms with Crippen molar-refractivity contribution in [3.8, 4) is 0 Å². The summed E-state index contributed by atoms with van der Waals surface area (Å²) in [5, 5.41) is -0.128. The summed E-state index contributed by atoms with van der Waals surface area (Å²) in [7, 11) is -3.45. The second-order valence-electron chi connectivity index (χ2n) is 5.25. The third kappa shape index (κ3) is 2.93. The number of hydrogen-bond donors (Lipinski definition) is 0. The van der Waals surface area contributed by atoms with Crippen molar-refractivity contribution in [3.63, 3.8) is 0 Å². The lowest BCUT2D eigenvalue weighted by Crippen LogP contribution is -2.30. The Morgan fingerprint density at radius 1 is 1.09 bits per heavy atom. The van der Waals surface area contributed by atoms with Gasteiger partial charge in [0.1, 0.15) is 0 Å².